The number of hydrogen-bond acceptors (Lipinski definition) is 2. The van der Waals surface area contributed by atoms with E-state index in [4.69, 9.17) is 5.73 Å². The number of likely N-dealkylation sites (N-methyl/N-ethyl adjacent to an activating group) is 1. The van der Waals surface area contributed by atoms with E-state index in [9.17, 15) is 0 Å². The van der Waals surface area contributed by atoms with Gasteiger partial charge in [-0.3, -0.25) is 4.90 Å². The van der Waals surface area contributed by atoms with Crippen LogP contribution in [0.5, 0.6) is 0 Å². The highest BCUT2D eigenvalue weighted by Crippen LogP contribution is 2.32. The summed E-state index contributed by atoms with van der Waals surface area (Å²) < 4.78 is 0. The van der Waals surface area contributed by atoms with Gasteiger partial charge in [-0.15, -0.1) is 0 Å². The van der Waals surface area contributed by atoms with Crippen molar-refractivity contribution in [2.45, 2.75) is 57.5 Å². The fraction of sp³-hybridized carbons (Fsp3) is 0.647. The van der Waals surface area contributed by atoms with Crippen molar-refractivity contribution in [2.75, 3.05) is 13.6 Å². The Kier molecular flexibility index (Phi) is 5.41. The third-order valence-electron chi connectivity index (χ3n) is 4.58. The summed E-state index contributed by atoms with van der Waals surface area (Å²) in [4.78, 5) is 2.32. The van der Waals surface area contributed by atoms with E-state index in [1.54, 1.807) is 0 Å². The molecule has 0 amide bonds. The van der Waals surface area contributed by atoms with Gasteiger partial charge in [0, 0.05) is 19.1 Å². The Hall–Kier alpha value is -0.860. The normalized spacial score (nSPS) is 18.7. The predicted octanol–water partition coefficient (Wildman–Crippen LogP) is 3.51. The van der Waals surface area contributed by atoms with Crippen molar-refractivity contribution in [2.24, 2.45) is 5.73 Å². The van der Waals surface area contributed by atoms with Crippen molar-refractivity contribution in [3.8, 4) is 0 Å². The summed E-state index contributed by atoms with van der Waals surface area (Å²) in [7, 11) is 2.15. The van der Waals surface area contributed by atoms with Crippen LogP contribution in [-0.4, -0.2) is 24.5 Å². The standard InChI is InChI=1S/C17H28N2/c1-14(12-18)19(2)13-15-8-10-17(11-9-15)16-6-4-3-5-7-16/h8-11,14,16H,3-7,12-13,18H2,1-2H3. The summed E-state index contributed by atoms with van der Waals surface area (Å²) in [6.45, 7) is 3.89. The third-order valence-corrected chi connectivity index (χ3v) is 4.58. The van der Waals surface area contributed by atoms with Crippen LogP contribution < -0.4 is 5.73 Å². The highest BCUT2D eigenvalue weighted by atomic mass is 15.1. The van der Waals surface area contributed by atoms with Gasteiger partial charge in [-0.1, -0.05) is 43.5 Å². The molecular weight excluding hydrogens is 232 g/mol. The van der Waals surface area contributed by atoms with E-state index >= 15 is 0 Å². The second-order valence-electron chi connectivity index (χ2n) is 6.08. The maximum Gasteiger partial charge on any atom is 0.0234 e. The van der Waals surface area contributed by atoms with Crippen LogP contribution in [0.15, 0.2) is 24.3 Å². The molecule has 1 aromatic rings. The zero-order valence-electron chi connectivity index (χ0n) is 12.4. The number of nitrogens with two attached hydrogens (primary N) is 1. The van der Waals surface area contributed by atoms with E-state index in [1.165, 1.54) is 43.2 Å². The molecule has 2 N–H and O–H groups in total. The maximum absolute atomic E-state index is 5.71. The Morgan fingerprint density at radius 1 is 1.16 bits per heavy atom. The summed E-state index contributed by atoms with van der Waals surface area (Å²) in [5.41, 5.74) is 8.64. The van der Waals surface area contributed by atoms with Crippen molar-refractivity contribution in [1.82, 2.24) is 4.90 Å². The molecule has 0 bridgehead atoms. The minimum atomic E-state index is 0.443. The zero-order valence-corrected chi connectivity index (χ0v) is 12.4. The Morgan fingerprint density at radius 3 is 2.37 bits per heavy atom. The molecule has 0 radical (unpaired) electrons. The molecule has 1 aliphatic carbocycles. The molecule has 106 valence electrons. The zero-order chi connectivity index (χ0) is 13.7. The molecular formula is C17H28N2. The fourth-order valence-corrected chi connectivity index (χ4v) is 2.95. The summed E-state index contributed by atoms with van der Waals surface area (Å²) in [5, 5.41) is 0. The van der Waals surface area contributed by atoms with Crippen LogP contribution in [0.3, 0.4) is 0 Å². The van der Waals surface area contributed by atoms with Crippen LogP contribution in [0.2, 0.25) is 0 Å². The first-order valence-corrected chi connectivity index (χ1v) is 7.70. The Balaban J connectivity index is 1.94. The van der Waals surface area contributed by atoms with Gasteiger partial charge in [-0.05, 0) is 43.9 Å². The number of benzene rings is 1. The molecule has 0 aromatic heterocycles. The van der Waals surface area contributed by atoms with Gasteiger partial charge in [0.05, 0.1) is 0 Å². The van der Waals surface area contributed by atoms with Crippen molar-refractivity contribution in [3.63, 3.8) is 0 Å². The molecule has 19 heavy (non-hydrogen) atoms. The molecule has 2 nitrogen and oxygen atoms in total. The van der Waals surface area contributed by atoms with Gasteiger partial charge in [0.1, 0.15) is 0 Å². The van der Waals surface area contributed by atoms with E-state index < -0.39 is 0 Å². The Bertz CT molecular complexity index is 365. The van der Waals surface area contributed by atoms with E-state index in [-0.39, 0.29) is 0 Å². The van der Waals surface area contributed by atoms with E-state index in [0.29, 0.717) is 6.04 Å². The van der Waals surface area contributed by atoms with Gasteiger partial charge in [-0.25, -0.2) is 0 Å². The third kappa shape index (κ3) is 4.05. The van der Waals surface area contributed by atoms with Gasteiger partial charge in [-0.2, -0.15) is 0 Å². The van der Waals surface area contributed by atoms with Crippen LogP contribution >= 0.6 is 0 Å². The average molecular weight is 260 g/mol. The van der Waals surface area contributed by atoms with Crippen LogP contribution in [0.4, 0.5) is 0 Å². The van der Waals surface area contributed by atoms with Crippen molar-refractivity contribution >= 4 is 0 Å². The Labute approximate surface area is 118 Å². The molecule has 1 unspecified atom stereocenters. The molecule has 0 spiro atoms. The number of nitrogens with zero attached hydrogens (tertiary/aromatic N) is 1. The van der Waals surface area contributed by atoms with Crippen LogP contribution in [0.25, 0.3) is 0 Å². The first kappa shape index (κ1) is 14.5. The van der Waals surface area contributed by atoms with Crippen molar-refractivity contribution in [3.05, 3.63) is 35.4 Å². The predicted molar refractivity (Wildman–Crippen MR) is 82.3 cm³/mol. The van der Waals surface area contributed by atoms with Gasteiger partial charge in [0.25, 0.3) is 0 Å². The van der Waals surface area contributed by atoms with Crippen LogP contribution in [0.1, 0.15) is 56.1 Å². The molecule has 2 heteroatoms. The second kappa shape index (κ2) is 7.06. The molecule has 1 aliphatic rings. The SMILES string of the molecule is CC(CN)N(C)Cc1ccc(C2CCCCC2)cc1. The fourth-order valence-electron chi connectivity index (χ4n) is 2.95. The monoisotopic (exact) mass is 260 g/mol. The first-order valence-electron chi connectivity index (χ1n) is 7.70. The molecule has 2 rings (SSSR count). The van der Waals surface area contributed by atoms with Crippen LogP contribution in [-0.2, 0) is 6.54 Å². The lowest BCUT2D eigenvalue weighted by Crippen LogP contribution is -2.34. The topological polar surface area (TPSA) is 29.3 Å². The maximum atomic E-state index is 5.71. The molecule has 1 aromatic carbocycles. The highest BCUT2D eigenvalue weighted by Gasteiger charge is 2.15. The van der Waals surface area contributed by atoms with E-state index in [1.807, 2.05) is 0 Å². The minimum absolute atomic E-state index is 0.443. The molecule has 0 saturated heterocycles. The summed E-state index contributed by atoms with van der Waals surface area (Å²) >= 11 is 0. The van der Waals surface area contributed by atoms with Gasteiger partial charge < -0.3 is 5.73 Å². The summed E-state index contributed by atoms with van der Waals surface area (Å²) in [6, 6.07) is 9.71. The molecule has 0 heterocycles. The molecule has 1 saturated carbocycles. The highest BCUT2D eigenvalue weighted by molar-refractivity contribution is 5.25. The van der Waals surface area contributed by atoms with Crippen LogP contribution in [0, 0.1) is 0 Å². The average Bonchev–Trinajstić information content (AvgIpc) is 2.48. The summed E-state index contributed by atoms with van der Waals surface area (Å²) in [5.74, 6) is 0.809. The van der Waals surface area contributed by atoms with E-state index in [2.05, 4.69) is 43.1 Å². The first-order chi connectivity index (χ1) is 9.20. The van der Waals surface area contributed by atoms with Gasteiger partial charge in [0.15, 0.2) is 0 Å². The number of rotatable bonds is 5. The lowest BCUT2D eigenvalue weighted by molar-refractivity contribution is 0.255. The smallest absolute Gasteiger partial charge is 0.0234 e. The molecule has 1 fully saturated rings. The number of hydrogen-bond donors (Lipinski definition) is 1. The van der Waals surface area contributed by atoms with Gasteiger partial charge in [0.2, 0.25) is 0 Å². The van der Waals surface area contributed by atoms with Gasteiger partial charge >= 0.3 is 0 Å². The van der Waals surface area contributed by atoms with E-state index in [0.717, 1.165) is 19.0 Å². The summed E-state index contributed by atoms with van der Waals surface area (Å²) in [6.07, 6.45) is 7.00. The molecule has 1 atom stereocenters. The second-order valence-corrected chi connectivity index (χ2v) is 6.08. The lowest BCUT2D eigenvalue weighted by Gasteiger charge is -2.24. The van der Waals surface area contributed by atoms with Crippen molar-refractivity contribution < 1.29 is 0 Å². The largest absolute Gasteiger partial charge is 0.329 e. The van der Waals surface area contributed by atoms with Crippen molar-refractivity contribution in [1.29, 1.82) is 0 Å². The minimum Gasteiger partial charge on any atom is -0.329 e. The molecule has 0 aliphatic heterocycles. The lowest BCUT2D eigenvalue weighted by atomic mass is 9.84. The quantitative estimate of drug-likeness (QED) is 0.878. The Morgan fingerprint density at radius 2 is 1.79 bits per heavy atom.